The predicted molar refractivity (Wildman–Crippen MR) is 73.2 cm³/mol. The summed E-state index contributed by atoms with van der Waals surface area (Å²) in [6.45, 7) is 1.82. The fourth-order valence-corrected chi connectivity index (χ4v) is 2.08. The molecule has 0 unspecified atom stereocenters. The predicted octanol–water partition coefficient (Wildman–Crippen LogP) is 4.04. The van der Waals surface area contributed by atoms with Crippen molar-refractivity contribution in [1.82, 2.24) is 9.97 Å². The van der Waals surface area contributed by atoms with Crippen LogP contribution in [0.5, 0.6) is 0 Å². The normalized spacial score (nSPS) is 10.4. The van der Waals surface area contributed by atoms with Crippen LogP contribution < -0.4 is 5.32 Å². The first-order chi connectivity index (χ1) is 8.60. The van der Waals surface area contributed by atoms with Crippen molar-refractivity contribution in [2.24, 2.45) is 0 Å². The van der Waals surface area contributed by atoms with E-state index < -0.39 is 0 Å². The number of nitrogens with one attached hydrogen (secondary N) is 1. The van der Waals surface area contributed by atoms with Crippen LogP contribution in [0.1, 0.15) is 5.56 Å². The Bertz CT molecular complexity index is 557. The van der Waals surface area contributed by atoms with E-state index in [2.05, 4.69) is 15.3 Å². The molecule has 0 aliphatic heterocycles. The van der Waals surface area contributed by atoms with Gasteiger partial charge in [0, 0.05) is 6.07 Å². The van der Waals surface area contributed by atoms with Gasteiger partial charge < -0.3 is 5.32 Å². The van der Waals surface area contributed by atoms with Gasteiger partial charge >= 0.3 is 0 Å². The Morgan fingerprint density at radius 3 is 2.78 bits per heavy atom. The standard InChI is InChI=1S/C12H11ClFN3S/c1-7-4-3-5-8(14)11(7)16-10-6-9(13)15-12(17-10)18-2/h3-6H,1-2H3,(H,15,16,17). The second kappa shape index (κ2) is 5.54. The van der Waals surface area contributed by atoms with Gasteiger partial charge in [0.15, 0.2) is 5.16 Å². The SMILES string of the molecule is CSc1nc(Cl)cc(Nc2c(C)cccc2F)n1. The van der Waals surface area contributed by atoms with Crippen molar-refractivity contribution in [1.29, 1.82) is 0 Å². The molecule has 0 atom stereocenters. The smallest absolute Gasteiger partial charge is 0.190 e. The summed E-state index contributed by atoms with van der Waals surface area (Å²) in [5, 5.41) is 3.80. The molecule has 0 spiro atoms. The van der Waals surface area contributed by atoms with Crippen LogP contribution in [0.4, 0.5) is 15.9 Å². The molecule has 1 aromatic carbocycles. The number of aromatic nitrogens is 2. The first-order valence-corrected chi connectivity index (χ1v) is 6.81. The Hall–Kier alpha value is -1.33. The molecule has 0 radical (unpaired) electrons. The van der Waals surface area contributed by atoms with Crippen LogP contribution in [0.2, 0.25) is 5.15 Å². The molecule has 94 valence electrons. The van der Waals surface area contributed by atoms with Crippen molar-refractivity contribution in [3.05, 3.63) is 40.8 Å². The van der Waals surface area contributed by atoms with Crippen molar-refractivity contribution < 1.29 is 4.39 Å². The summed E-state index contributed by atoms with van der Waals surface area (Å²) in [6, 6.07) is 6.45. The lowest BCUT2D eigenvalue weighted by molar-refractivity contribution is 0.630. The molecule has 6 heteroatoms. The number of rotatable bonds is 3. The maximum absolute atomic E-state index is 13.7. The van der Waals surface area contributed by atoms with Gasteiger partial charge in [0.2, 0.25) is 0 Å². The molecule has 0 amide bonds. The first kappa shape index (κ1) is 13.1. The zero-order valence-corrected chi connectivity index (χ0v) is 11.4. The summed E-state index contributed by atoms with van der Waals surface area (Å²) in [5.41, 5.74) is 1.20. The third-order valence-electron chi connectivity index (χ3n) is 2.33. The summed E-state index contributed by atoms with van der Waals surface area (Å²) >= 11 is 7.25. The number of nitrogens with zero attached hydrogens (tertiary/aromatic N) is 2. The number of anilines is 2. The molecule has 0 aliphatic carbocycles. The molecule has 18 heavy (non-hydrogen) atoms. The van der Waals surface area contributed by atoms with Crippen LogP contribution in [0.25, 0.3) is 0 Å². The van der Waals surface area contributed by atoms with E-state index in [-0.39, 0.29) is 5.82 Å². The molecule has 1 heterocycles. The van der Waals surface area contributed by atoms with E-state index >= 15 is 0 Å². The number of aryl methyl sites for hydroxylation is 1. The molecule has 0 saturated carbocycles. The van der Waals surface area contributed by atoms with Gasteiger partial charge in [-0.05, 0) is 24.8 Å². The second-order valence-corrected chi connectivity index (χ2v) is 4.78. The van der Waals surface area contributed by atoms with E-state index in [9.17, 15) is 4.39 Å². The van der Waals surface area contributed by atoms with E-state index in [0.29, 0.717) is 21.8 Å². The minimum absolute atomic E-state index is 0.324. The highest BCUT2D eigenvalue weighted by Crippen LogP contribution is 2.25. The summed E-state index contributed by atoms with van der Waals surface area (Å²) in [4.78, 5) is 8.24. The summed E-state index contributed by atoms with van der Waals surface area (Å²) in [7, 11) is 0. The summed E-state index contributed by atoms with van der Waals surface area (Å²) in [5.74, 6) is 0.156. The highest BCUT2D eigenvalue weighted by Gasteiger charge is 2.08. The van der Waals surface area contributed by atoms with Crippen molar-refractivity contribution in [3.63, 3.8) is 0 Å². The molecule has 2 aromatic rings. The van der Waals surface area contributed by atoms with Gasteiger partial charge in [-0.3, -0.25) is 0 Å². The van der Waals surface area contributed by atoms with E-state index in [1.54, 1.807) is 12.1 Å². The topological polar surface area (TPSA) is 37.8 Å². The van der Waals surface area contributed by atoms with Gasteiger partial charge in [0.1, 0.15) is 16.8 Å². The number of thioether (sulfide) groups is 1. The van der Waals surface area contributed by atoms with E-state index in [0.717, 1.165) is 5.56 Å². The quantitative estimate of drug-likeness (QED) is 0.524. The molecule has 0 saturated heterocycles. The van der Waals surface area contributed by atoms with E-state index in [1.807, 2.05) is 19.2 Å². The zero-order chi connectivity index (χ0) is 13.1. The van der Waals surface area contributed by atoms with Crippen LogP contribution in [-0.4, -0.2) is 16.2 Å². The van der Waals surface area contributed by atoms with Crippen LogP contribution in [0.15, 0.2) is 29.4 Å². The van der Waals surface area contributed by atoms with Gasteiger partial charge in [0.25, 0.3) is 0 Å². The monoisotopic (exact) mass is 283 g/mol. The third-order valence-corrected chi connectivity index (χ3v) is 3.07. The van der Waals surface area contributed by atoms with Crippen molar-refractivity contribution in [3.8, 4) is 0 Å². The Balaban J connectivity index is 2.37. The van der Waals surface area contributed by atoms with Gasteiger partial charge in [-0.25, -0.2) is 14.4 Å². The zero-order valence-electron chi connectivity index (χ0n) is 9.87. The highest BCUT2D eigenvalue weighted by atomic mass is 35.5. The fourth-order valence-electron chi connectivity index (χ4n) is 1.47. The van der Waals surface area contributed by atoms with Crippen molar-refractivity contribution in [2.45, 2.75) is 12.1 Å². The third kappa shape index (κ3) is 2.91. The van der Waals surface area contributed by atoms with Crippen molar-refractivity contribution in [2.75, 3.05) is 11.6 Å². The average molecular weight is 284 g/mol. The van der Waals surface area contributed by atoms with Crippen LogP contribution in [0, 0.1) is 12.7 Å². The van der Waals surface area contributed by atoms with Crippen LogP contribution in [0.3, 0.4) is 0 Å². The van der Waals surface area contributed by atoms with Gasteiger partial charge in [-0.15, -0.1) is 0 Å². The number of halogens is 2. The molecular formula is C12H11ClFN3S. The Kier molecular flexibility index (Phi) is 4.04. The van der Waals surface area contributed by atoms with Gasteiger partial charge in [0.05, 0.1) is 5.69 Å². The lowest BCUT2D eigenvalue weighted by Crippen LogP contribution is -2.00. The highest BCUT2D eigenvalue weighted by molar-refractivity contribution is 7.98. The second-order valence-electron chi connectivity index (χ2n) is 3.62. The van der Waals surface area contributed by atoms with Crippen LogP contribution >= 0.6 is 23.4 Å². The fraction of sp³-hybridized carbons (Fsp3) is 0.167. The number of hydrogen-bond acceptors (Lipinski definition) is 4. The lowest BCUT2D eigenvalue weighted by Gasteiger charge is -2.10. The minimum Gasteiger partial charge on any atom is -0.337 e. The lowest BCUT2D eigenvalue weighted by atomic mass is 10.2. The largest absolute Gasteiger partial charge is 0.337 e. The number of para-hydroxylation sites is 1. The number of benzene rings is 1. The van der Waals surface area contributed by atoms with Gasteiger partial charge in [-0.1, -0.05) is 35.5 Å². The van der Waals surface area contributed by atoms with E-state index in [1.165, 1.54) is 17.8 Å². The minimum atomic E-state index is -0.324. The summed E-state index contributed by atoms with van der Waals surface area (Å²) < 4.78 is 13.7. The Morgan fingerprint density at radius 2 is 2.11 bits per heavy atom. The molecule has 0 bridgehead atoms. The summed E-state index contributed by atoms with van der Waals surface area (Å²) in [6.07, 6.45) is 1.85. The molecular weight excluding hydrogens is 273 g/mol. The van der Waals surface area contributed by atoms with E-state index in [4.69, 9.17) is 11.6 Å². The molecule has 1 aromatic heterocycles. The van der Waals surface area contributed by atoms with Crippen molar-refractivity contribution >= 4 is 34.9 Å². The maximum Gasteiger partial charge on any atom is 0.190 e. The Labute approximate surface area is 114 Å². The maximum atomic E-state index is 13.7. The molecule has 3 nitrogen and oxygen atoms in total. The van der Waals surface area contributed by atoms with Crippen LogP contribution in [-0.2, 0) is 0 Å². The molecule has 1 N–H and O–H groups in total. The molecule has 0 fully saturated rings. The first-order valence-electron chi connectivity index (χ1n) is 5.21. The Morgan fingerprint density at radius 1 is 1.33 bits per heavy atom. The number of hydrogen-bond donors (Lipinski definition) is 1. The van der Waals surface area contributed by atoms with Gasteiger partial charge in [-0.2, -0.15) is 0 Å². The molecule has 0 aliphatic rings. The molecule has 2 rings (SSSR count). The average Bonchev–Trinajstić information content (AvgIpc) is 2.33.